The van der Waals surface area contributed by atoms with E-state index in [1.165, 1.54) is 25.3 Å². The molecule has 4 aromatic rings. The molecule has 0 radical (unpaired) electrons. The van der Waals surface area contributed by atoms with Crippen LogP contribution in [0, 0.1) is 11.6 Å². The van der Waals surface area contributed by atoms with E-state index in [0.29, 0.717) is 22.3 Å². The summed E-state index contributed by atoms with van der Waals surface area (Å²) in [5.74, 6) is -3.41. The van der Waals surface area contributed by atoms with E-state index >= 15 is 0 Å². The Morgan fingerprint density at radius 3 is 2.28 bits per heavy atom. The fourth-order valence-electron chi connectivity index (χ4n) is 3.75. The number of aromatic nitrogens is 1. The summed E-state index contributed by atoms with van der Waals surface area (Å²) in [6.45, 7) is 0. The molecule has 1 aromatic heterocycles. The molecular weight excluding hydrogens is 466 g/mol. The minimum Gasteiger partial charge on any atom is -0.507 e. The highest BCUT2D eigenvalue weighted by atomic mass is 19.2. The predicted molar refractivity (Wildman–Crippen MR) is 130 cm³/mol. The van der Waals surface area contributed by atoms with E-state index in [1.54, 1.807) is 48.8 Å². The molecule has 3 aromatic carbocycles. The Kier molecular flexibility index (Phi) is 7.34. The van der Waals surface area contributed by atoms with Gasteiger partial charge in [0, 0.05) is 24.4 Å². The minimum absolute atomic E-state index is 0.000981. The van der Waals surface area contributed by atoms with Gasteiger partial charge in [0.15, 0.2) is 11.6 Å². The number of pyridine rings is 1. The van der Waals surface area contributed by atoms with Crippen LogP contribution in [0.4, 0.5) is 8.78 Å². The Morgan fingerprint density at radius 2 is 1.61 bits per heavy atom. The number of carbonyl (C=O) groups is 2. The van der Waals surface area contributed by atoms with Gasteiger partial charge in [-0.2, -0.15) is 0 Å². The molecule has 182 valence electrons. The number of benzene rings is 3. The van der Waals surface area contributed by atoms with E-state index in [1.807, 2.05) is 6.07 Å². The van der Waals surface area contributed by atoms with E-state index in [2.05, 4.69) is 10.3 Å². The molecule has 1 heterocycles. The van der Waals surface area contributed by atoms with Crippen molar-refractivity contribution in [1.82, 2.24) is 10.3 Å². The molecule has 0 aliphatic carbocycles. The largest absolute Gasteiger partial charge is 0.507 e. The van der Waals surface area contributed by atoms with Crippen molar-refractivity contribution in [1.29, 1.82) is 0 Å². The number of rotatable bonds is 7. The molecule has 0 aliphatic heterocycles. The van der Waals surface area contributed by atoms with Crippen LogP contribution in [0.15, 0.2) is 85.2 Å². The van der Waals surface area contributed by atoms with Crippen molar-refractivity contribution >= 4 is 11.9 Å². The van der Waals surface area contributed by atoms with Crippen molar-refractivity contribution in [3.05, 3.63) is 108 Å². The lowest BCUT2D eigenvalue weighted by atomic mass is 10.00. The molecule has 0 fully saturated rings. The third-order valence-electron chi connectivity index (χ3n) is 5.67. The molecular formula is C28H22F2N2O4. The van der Waals surface area contributed by atoms with Crippen molar-refractivity contribution in [3.8, 4) is 28.0 Å². The molecule has 36 heavy (non-hydrogen) atoms. The highest BCUT2D eigenvalue weighted by molar-refractivity contribution is 6.00. The Labute approximate surface area is 206 Å². The van der Waals surface area contributed by atoms with Crippen LogP contribution in [0.25, 0.3) is 22.3 Å². The zero-order valence-electron chi connectivity index (χ0n) is 19.2. The molecule has 0 bridgehead atoms. The van der Waals surface area contributed by atoms with Gasteiger partial charge in [-0.25, -0.2) is 13.6 Å². The number of nitrogens with zero attached hydrogens (tertiary/aromatic N) is 1. The van der Waals surface area contributed by atoms with Crippen molar-refractivity contribution in [2.45, 2.75) is 12.5 Å². The molecule has 0 saturated heterocycles. The van der Waals surface area contributed by atoms with Gasteiger partial charge in [0.1, 0.15) is 11.8 Å². The number of carbonyl (C=O) groups excluding carboxylic acids is 2. The zero-order chi connectivity index (χ0) is 25.7. The van der Waals surface area contributed by atoms with E-state index in [4.69, 9.17) is 4.74 Å². The van der Waals surface area contributed by atoms with Gasteiger partial charge in [0.2, 0.25) is 0 Å². The maximum atomic E-state index is 13.6. The Bertz CT molecular complexity index is 1390. The van der Waals surface area contributed by atoms with Gasteiger partial charge in [-0.1, -0.05) is 42.5 Å². The second-order valence-electron chi connectivity index (χ2n) is 8.05. The number of hydrogen-bond acceptors (Lipinski definition) is 5. The lowest BCUT2D eigenvalue weighted by Gasteiger charge is -2.18. The third kappa shape index (κ3) is 5.55. The van der Waals surface area contributed by atoms with Crippen molar-refractivity contribution in [3.63, 3.8) is 0 Å². The second kappa shape index (κ2) is 10.8. The number of amides is 1. The Morgan fingerprint density at radius 1 is 0.917 bits per heavy atom. The quantitative estimate of drug-likeness (QED) is 0.361. The number of ether oxygens (including phenoxy) is 1. The van der Waals surface area contributed by atoms with E-state index in [0.717, 1.165) is 17.7 Å². The number of esters is 1. The van der Waals surface area contributed by atoms with E-state index in [9.17, 15) is 23.5 Å². The van der Waals surface area contributed by atoms with Gasteiger partial charge in [-0.3, -0.25) is 9.78 Å². The van der Waals surface area contributed by atoms with Gasteiger partial charge in [0.25, 0.3) is 5.91 Å². The number of hydrogen-bond donors (Lipinski definition) is 2. The normalized spacial score (nSPS) is 11.5. The van der Waals surface area contributed by atoms with Crippen LogP contribution in [0.3, 0.4) is 0 Å². The SMILES string of the molecule is COC(=O)C(Cc1ccc(-c2ccc(F)c(F)c2)cc1)NC(=O)c1cc(-c2cccnc2)ccc1O. The fourth-order valence-corrected chi connectivity index (χ4v) is 3.75. The number of aromatic hydroxyl groups is 1. The molecule has 4 rings (SSSR count). The molecule has 0 spiro atoms. The molecule has 0 aliphatic rings. The van der Waals surface area contributed by atoms with Crippen molar-refractivity contribution in [2.24, 2.45) is 0 Å². The van der Waals surface area contributed by atoms with Crippen LogP contribution in [-0.2, 0) is 16.0 Å². The molecule has 1 amide bonds. The van der Waals surface area contributed by atoms with E-state index in [-0.39, 0.29) is 17.7 Å². The summed E-state index contributed by atoms with van der Waals surface area (Å²) in [6, 6.07) is 17.6. The number of methoxy groups -OCH3 is 1. The summed E-state index contributed by atoms with van der Waals surface area (Å²) in [7, 11) is 1.22. The average Bonchev–Trinajstić information content (AvgIpc) is 2.90. The van der Waals surface area contributed by atoms with Crippen LogP contribution >= 0.6 is 0 Å². The number of phenolic OH excluding ortho intramolecular Hbond substituents is 1. The summed E-state index contributed by atoms with van der Waals surface area (Å²) >= 11 is 0. The van der Waals surface area contributed by atoms with Gasteiger partial charge in [0.05, 0.1) is 12.7 Å². The summed E-state index contributed by atoms with van der Waals surface area (Å²) < 4.78 is 31.6. The standard InChI is InChI=1S/C28H22F2N2O4/c1-36-28(35)25(13-17-4-6-18(7-5-17)20-8-10-23(29)24(30)15-20)32-27(34)22-14-19(9-11-26(22)33)21-3-2-12-31-16-21/h2-12,14-16,25,33H,13H2,1H3,(H,32,34). The third-order valence-corrected chi connectivity index (χ3v) is 5.67. The first-order valence-electron chi connectivity index (χ1n) is 11.0. The predicted octanol–water partition coefficient (Wildman–Crippen LogP) is 4.91. The van der Waals surface area contributed by atoms with Crippen LogP contribution in [0.2, 0.25) is 0 Å². The Hall–Kier alpha value is -4.59. The summed E-state index contributed by atoms with van der Waals surface area (Å²) in [4.78, 5) is 29.5. The summed E-state index contributed by atoms with van der Waals surface area (Å²) in [5.41, 5.74) is 3.30. The topological polar surface area (TPSA) is 88.5 Å². The van der Waals surface area contributed by atoms with Crippen LogP contribution < -0.4 is 5.32 Å². The second-order valence-corrected chi connectivity index (χ2v) is 8.05. The molecule has 2 N–H and O–H groups in total. The molecule has 1 atom stereocenters. The molecule has 1 unspecified atom stereocenters. The monoisotopic (exact) mass is 488 g/mol. The first kappa shape index (κ1) is 24.5. The lowest BCUT2D eigenvalue weighted by molar-refractivity contribution is -0.142. The van der Waals surface area contributed by atoms with Gasteiger partial charge in [-0.15, -0.1) is 0 Å². The number of halogens is 2. The molecule has 6 nitrogen and oxygen atoms in total. The highest BCUT2D eigenvalue weighted by Crippen LogP contribution is 2.26. The van der Waals surface area contributed by atoms with E-state index < -0.39 is 29.6 Å². The number of phenols is 1. The van der Waals surface area contributed by atoms with Crippen molar-refractivity contribution < 1.29 is 28.2 Å². The first-order chi connectivity index (χ1) is 17.4. The van der Waals surface area contributed by atoms with Gasteiger partial charge >= 0.3 is 5.97 Å². The van der Waals surface area contributed by atoms with Crippen molar-refractivity contribution in [2.75, 3.05) is 7.11 Å². The lowest BCUT2D eigenvalue weighted by Crippen LogP contribution is -2.43. The smallest absolute Gasteiger partial charge is 0.328 e. The summed E-state index contributed by atoms with van der Waals surface area (Å²) in [5, 5.41) is 12.9. The zero-order valence-corrected chi connectivity index (χ0v) is 19.2. The van der Waals surface area contributed by atoms with Gasteiger partial charge < -0.3 is 15.2 Å². The maximum Gasteiger partial charge on any atom is 0.328 e. The number of nitrogens with one attached hydrogen (secondary N) is 1. The molecule has 8 heteroatoms. The van der Waals surface area contributed by atoms with Crippen LogP contribution in [0.1, 0.15) is 15.9 Å². The van der Waals surface area contributed by atoms with Gasteiger partial charge in [-0.05, 0) is 52.6 Å². The maximum absolute atomic E-state index is 13.6. The van der Waals surface area contributed by atoms with Crippen LogP contribution in [-0.4, -0.2) is 35.1 Å². The summed E-state index contributed by atoms with van der Waals surface area (Å²) in [6.07, 6.45) is 3.37. The fraction of sp³-hybridized carbons (Fsp3) is 0.107. The first-order valence-corrected chi connectivity index (χ1v) is 11.0. The minimum atomic E-state index is -1.03. The Balaban J connectivity index is 1.53. The average molecular weight is 488 g/mol. The molecule has 0 saturated carbocycles. The van der Waals surface area contributed by atoms with Crippen LogP contribution in [0.5, 0.6) is 5.75 Å². The highest BCUT2D eigenvalue weighted by Gasteiger charge is 2.24.